The van der Waals surface area contributed by atoms with E-state index in [1.165, 1.54) is 24.3 Å². The molecule has 0 aliphatic carbocycles. The standard InChI is InChI=1S/C19H13F6N3O/c20-18(21,22)13-5-3-12(4-6-13)15-10-16(19(23,24)25)27-28(15)14-7-1-11(2-8-14)9-17(26)29/h1-8,10H,9H2,(H2,26,29). The SMILES string of the molecule is NC(=O)Cc1ccc(-n2nc(C(F)(F)F)cc2-c2ccc(C(F)(F)F)cc2)cc1. The number of benzene rings is 2. The highest BCUT2D eigenvalue weighted by Gasteiger charge is 2.35. The van der Waals surface area contributed by atoms with Gasteiger partial charge < -0.3 is 5.73 Å². The van der Waals surface area contributed by atoms with Gasteiger partial charge in [0.05, 0.1) is 23.4 Å². The largest absolute Gasteiger partial charge is 0.435 e. The highest BCUT2D eigenvalue weighted by molar-refractivity contribution is 5.76. The molecule has 29 heavy (non-hydrogen) atoms. The number of hydrogen-bond donors (Lipinski definition) is 1. The Bertz CT molecular complexity index is 1020. The van der Waals surface area contributed by atoms with E-state index in [0.717, 1.165) is 35.0 Å². The Morgan fingerprint density at radius 1 is 0.897 bits per heavy atom. The molecule has 2 aromatic carbocycles. The molecular weight excluding hydrogens is 400 g/mol. The van der Waals surface area contributed by atoms with Crippen molar-refractivity contribution in [3.63, 3.8) is 0 Å². The Morgan fingerprint density at radius 2 is 1.48 bits per heavy atom. The first-order chi connectivity index (χ1) is 13.4. The molecule has 0 aliphatic heterocycles. The molecule has 3 aromatic rings. The van der Waals surface area contributed by atoms with Gasteiger partial charge in [0.25, 0.3) is 0 Å². The number of amides is 1. The topological polar surface area (TPSA) is 60.9 Å². The smallest absolute Gasteiger partial charge is 0.369 e. The van der Waals surface area contributed by atoms with Crippen LogP contribution in [0, 0.1) is 0 Å². The first-order valence-electron chi connectivity index (χ1n) is 8.17. The number of carbonyl (C=O) groups is 1. The van der Waals surface area contributed by atoms with E-state index in [-0.39, 0.29) is 23.4 Å². The van der Waals surface area contributed by atoms with Gasteiger partial charge in [-0.2, -0.15) is 31.4 Å². The average molecular weight is 413 g/mol. The molecule has 152 valence electrons. The lowest BCUT2D eigenvalue weighted by Gasteiger charge is -2.10. The normalized spacial score (nSPS) is 12.2. The summed E-state index contributed by atoms with van der Waals surface area (Å²) in [5.74, 6) is -0.568. The van der Waals surface area contributed by atoms with Crippen LogP contribution in [0.2, 0.25) is 0 Å². The number of alkyl halides is 6. The molecule has 1 heterocycles. The molecule has 0 aliphatic rings. The van der Waals surface area contributed by atoms with Crippen molar-refractivity contribution in [3.05, 3.63) is 71.4 Å². The average Bonchev–Trinajstić information content (AvgIpc) is 3.07. The van der Waals surface area contributed by atoms with Crippen molar-refractivity contribution in [2.75, 3.05) is 0 Å². The van der Waals surface area contributed by atoms with Crippen LogP contribution in [0.3, 0.4) is 0 Å². The summed E-state index contributed by atoms with van der Waals surface area (Å²) in [6.07, 6.45) is -9.34. The monoisotopic (exact) mass is 413 g/mol. The van der Waals surface area contributed by atoms with Gasteiger partial charge in [0.2, 0.25) is 5.91 Å². The Balaban J connectivity index is 2.07. The Morgan fingerprint density at radius 3 is 1.97 bits per heavy atom. The van der Waals surface area contributed by atoms with Gasteiger partial charge in [-0.25, -0.2) is 4.68 Å². The Kier molecular flexibility index (Phi) is 5.12. The van der Waals surface area contributed by atoms with E-state index >= 15 is 0 Å². The predicted octanol–water partition coefficient (Wildman–Crippen LogP) is 4.60. The van der Waals surface area contributed by atoms with Gasteiger partial charge in [-0.1, -0.05) is 24.3 Å². The van der Waals surface area contributed by atoms with Crippen LogP contribution >= 0.6 is 0 Å². The number of carbonyl (C=O) groups excluding carboxylic acids is 1. The molecule has 0 bridgehead atoms. The molecule has 0 saturated heterocycles. The minimum absolute atomic E-state index is 0.0336. The molecule has 0 unspecified atom stereocenters. The third kappa shape index (κ3) is 4.58. The van der Waals surface area contributed by atoms with E-state index in [4.69, 9.17) is 5.73 Å². The molecule has 2 N–H and O–H groups in total. The first-order valence-corrected chi connectivity index (χ1v) is 8.17. The number of hydrogen-bond acceptors (Lipinski definition) is 2. The lowest BCUT2D eigenvalue weighted by molar-refractivity contribution is -0.141. The summed E-state index contributed by atoms with van der Waals surface area (Å²) in [5, 5.41) is 3.57. The summed E-state index contributed by atoms with van der Waals surface area (Å²) in [7, 11) is 0. The maximum Gasteiger partial charge on any atom is 0.435 e. The molecule has 1 amide bonds. The van der Waals surface area contributed by atoms with Gasteiger partial charge in [-0.15, -0.1) is 0 Å². The van der Waals surface area contributed by atoms with Crippen molar-refractivity contribution in [1.82, 2.24) is 9.78 Å². The van der Waals surface area contributed by atoms with Crippen molar-refractivity contribution < 1.29 is 31.1 Å². The van der Waals surface area contributed by atoms with E-state index in [2.05, 4.69) is 5.10 Å². The third-order valence-electron chi connectivity index (χ3n) is 4.07. The van der Waals surface area contributed by atoms with Gasteiger partial charge in [0, 0.05) is 5.56 Å². The second-order valence-electron chi connectivity index (χ2n) is 6.21. The highest BCUT2D eigenvalue weighted by Crippen LogP contribution is 2.35. The van der Waals surface area contributed by atoms with E-state index in [0.29, 0.717) is 5.56 Å². The van der Waals surface area contributed by atoms with Gasteiger partial charge in [-0.3, -0.25) is 4.79 Å². The lowest BCUT2D eigenvalue weighted by Crippen LogP contribution is -2.13. The Hall–Kier alpha value is -3.30. The predicted molar refractivity (Wildman–Crippen MR) is 91.9 cm³/mol. The molecule has 0 saturated carbocycles. The number of nitrogens with zero attached hydrogens (tertiary/aromatic N) is 2. The van der Waals surface area contributed by atoms with Crippen molar-refractivity contribution >= 4 is 5.91 Å². The zero-order chi connectivity index (χ0) is 21.4. The number of nitrogens with two attached hydrogens (primary N) is 1. The van der Waals surface area contributed by atoms with Crippen LogP contribution in [-0.2, 0) is 23.6 Å². The van der Waals surface area contributed by atoms with E-state index in [9.17, 15) is 31.1 Å². The third-order valence-corrected chi connectivity index (χ3v) is 4.07. The first kappa shape index (κ1) is 20.4. The van der Waals surface area contributed by atoms with Crippen LogP contribution < -0.4 is 5.73 Å². The van der Waals surface area contributed by atoms with Crippen LogP contribution in [-0.4, -0.2) is 15.7 Å². The summed E-state index contributed by atoms with van der Waals surface area (Å²) in [6.45, 7) is 0. The molecule has 0 spiro atoms. The van der Waals surface area contributed by atoms with Crippen LogP contribution in [0.4, 0.5) is 26.3 Å². The second kappa shape index (κ2) is 7.26. The van der Waals surface area contributed by atoms with Gasteiger partial charge in [-0.05, 0) is 35.9 Å². The number of rotatable bonds is 4. The van der Waals surface area contributed by atoms with E-state index < -0.39 is 29.5 Å². The number of halogens is 6. The summed E-state index contributed by atoms with van der Waals surface area (Å²) in [5.41, 5.74) is 3.89. The van der Waals surface area contributed by atoms with Crippen LogP contribution in [0.1, 0.15) is 16.8 Å². The molecular formula is C19H13F6N3O. The van der Waals surface area contributed by atoms with Crippen molar-refractivity contribution in [3.8, 4) is 16.9 Å². The molecule has 0 atom stereocenters. The van der Waals surface area contributed by atoms with Crippen molar-refractivity contribution in [1.29, 1.82) is 0 Å². The minimum Gasteiger partial charge on any atom is -0.369 e. The molecule has 10 heteroatoms. The lowest BCUT2D eigenvalue weighted by atomic mass is 10.1. The quantitative estimate of drug-likeness (QED) is 0.636. The van der Waals surface area contributed by atoms with Crippen LogP contribution in [0.5, 0.6) is 0 Å². The van der Waals surface area contributed by atoms with E-state index in [1.807, 2.05) is 0 Å². The fraction of sp³-hybridized carbons (Fsp3) is 0.158. The van der Waals surface area contributed by atoms with Gasteiger partial charge in [0.15, 0.2) is 5.69 Å². The molecule has 1 aromatic heterocycles. The fourth-order valence-electron chi connectivity index (χ4n) is 2.71. The number of primary amides is 1. The Labute approximate surface area is 160 Å². The summed E-state index contributed by atoms with van der Waals surface area (Å²) >= 11 is 0. The van der Waals surface area contributed by atoms with Crippen molar-refractivity contribution in [2.24, 2.45) is 5.73 Å². The van der Waals surface area contributed by atoms with Crippen molar-refractivity contribution in [2.45, 2.75) is 18.8 Å². The van der Waals surface area contributed by atoms with Crippen LogP contribution in [0.15, 0.2) is 54.6 Å². The summed E-state index contributed by atoms with van der Waals surface area (Å²) < 4.78 is 78.7. The maximum absolute atomic E-state index is 13.2. The fourth-order valence-corrected chi connectivity index (χ4v) is 2.71. The molecule has 0 fully saturated rings. The zero-order valence-corrected chi connectivity index (χ0v) is 14.6. The number of aromatic nitrogens is 2. The zero-order valence-electron chi connectivity index (χ0n) is 14.6. The van der Waals surface area contributed by atoms with Crippen LogP contribution in [0.25, 0.3) is 16.9 Å². The summed E-state index contributed by atoms with van der Waals surface area (Å²) in [4.78, 5) is 11.0. The highest BCUT2D eigenvalue weighted by atomic mass is 19.4. The van der Waals surface area contributed by atoms with Gasteiger partial charge >= 0.3 is 12.4 Å². The second-order valence-corrected chi connectivity index (χ2v) is 6.21. The maximum atomic E-state index is 13.2. The molecule has 4 nitrogen and oxygen atoms in total. The summed E-state index contributed by atoms with van der Waals surface area (Å²) in [6, 6.07) is 10.4. The van der Waals surface area contributed by atoms with E-state index in [1.54, 1.807) is 0 Å². The van der Waals surface area contributed by atoms with Gasteiger partial charge in [0.1, 0.15) is 0 Å². The molecule has 3 rings (SSSR count). The minimum atomic E-state index is -4.74. The molecule has 0 radical (unpaired) electrons.